The second-order valence-corrected chi connectivity index (χ2v) is 3.74. The Balaban J connectivity index is 2.78. The summed E-state index contributed by atoms with van der Waals surface area (Å²) in [6.45, 7) is 0. The van der Waals surface area contributed by atoms with Gasteiger partial charge in [0, 0.05) is 17.2 Å². The van der Waals surface area contributed by atoms with Gasteiger partial charge in [-0.3, -0.25) is 10.1 Å². The summed E-state index contributed by atoms with van der Waals surface area (Å²) in [7, 11) is 0. The van der Waals surface area contributed by atoms with Gasteiger partial charge in [0.05, 0.1) is 16.6 Å². The monoisotopic (exact) mass is 258 g/mol. The summed E-state index contributed by atoms with van der Waals surface area (Å²) in [6.07, 6.45) is 0. The number of benzene rings is 2. The van der Waals surface area contributed by atoms with E-state index in [1.54, 1.807) is 6.07 Å². The number of aromatic hydroxyl groups is 1. The average molecular weight is 258 g/mol. The molecule has 0 aliphatic heterocycles. The molecule has 0 amide bonds. The molecule has 0 aliphatic carbocycles. The fourth-order valence-electron chi connectivity index (χ4n) is 1.71. The Labute approximate surface area is 107 Å². The second kappa shape index (κ2) is 4.74. The van der Waals surface area contributed by atoms with Crippen LogP contribution < -0.4 is 0 Å². The molecule has 0 bridgehead atoms. The summed E-state index contributed by atoms with van der Waals surface area (Å²) in [6, 6.07) is 9.42. The summed E-state index contributed by atoms with van der Waals surface area (Å²) in [5, 5.41) is 29.5. The summed E-state index contributed by atoms with van der Waals surface area (Å²) in [5.74, 6) is -1.30. The first-order valence-corrected chi connectivity index (χ1v) is 5.21. The predicted octanol–water partition coefficient (Wildman–Crippen LogP) is 2.98. The van der Waals surface area contributed by atoms with Gasteiger partial charge < -0.3 is 5.11 Å². The standard InChI is InChI=1S/C13H7FN2O3/c14-11-4-2-1-3-9(11)10-5-8(7-15)6-12(13(10)17)16(18)19/h1-6,17H. The van der Waals surface area contributed by atoms with Crippen molar-refractivity contribution in [3.8, 4) is 22.9 Å². The molecule has 1 N–H and O–H groups in total. The smallest absolute Gasteiger partial charge is 0.312 e. The molecule has 19 heavy (non-hydrogen) atoms. The van der Waals surface area contributed by atoms with Gasteiger partial charge >= 0.3 is 5.69 Å². The van der Waals surface area contributed by atoms with Crippen molar-refractivity contribution in [2.24, 2.45) is 0 Å². The van der Waals surface area contributed by atoms with Crippen LogP contribution in [0.25, 0.3) is 11.1 Å². The van der Waals surface area contributed by atoms with E-state index in [0.29, 0.717) is 0 Å². The van der Waals surface area contributed by atoms with Crippen LogP contribution in [0.2, 0.25) is 0 Å². The van der Waals surface area contributed by atoms with E-state index in [9.17, 15) is 19.6 Å². The van der Waals surface area contributed by atoms with Crippen molar-refractivity contribution < 1.29 is 14.4 Å². The van der Waals surface area contributed by atoms with Crippen molar-refractivity contribution in [1.29, 1.82) is 5.26 Å². The first-order chi connectivity index (χ1) is 9.04. The Bertz CT molecular complexity index is 708. The number of nitrogens with zero attached hydrogens (tertiary/aromatic N) is 2. The van der Waals surface area contributed by atoms with Crippen LogP contribution in [0.15, 0.2) is 36.4 Å². The van der Waals surface area contributed by atoms with Crippen LogP contribution in [0.3, 0.4) is 0 Å². The molecule has 2 rings (SSSR count). The number of nitro groups is 1. The maximum absolute atomic E-state index is 13.7. The minimum atomic E-state index is -0.819. The normalized spacial score (nSPS) is 9.89. The van der Waals surface area contributed by atoms with Crippen molar-refractivity contribution in [1.82, 2.24) is 0 Å². The van der Waals surface area contributed by atoms with E-state index in [4.69, 9.17) is 5.26 Å². The van der Waals surface area contributed by atoms with Crippen LogP contribution in [0.1, 0.15) is 5.56 Å². The van der Waals surface area contributed by atoms with Gasteiger partial charge in [0.25, 0.3) is 0 Å². The highest BCUT2D eigenvalue weighted by Crippen LogP contribution is 2.38. The van der Waals surface area contributed by atoms with Gasteiger partial charge in [-0.15, -0.1) is 0 Å². The maximum atomic E-state index is 13.7. The Hall–Kier alpha value is -2.94. The Kier molecular flexibility index (Phi) is 3.12. The molecule has 0 atom stereocenters. The zero-order valence-electron chi connectivity index (χ0n) is 9.50. The molecule has 94 valence electrons. The molecule has 0 saturated carbocycles. The number of nitriles is 1. The first-order valence-electron chi connectivity index (χ1n) is 5.21. The van der Waals surface area contributed by atoms with E-state index in [2.05, 4.69) is 0 Å². The van der Waals surface area contributed by atoms with Gasteiger partial charge in [-0.2, -0.15) is 5.26 Å². The summed E-state index contributed by atoms with van der Waals surface area (Å²) < 4.78 is 13.7. The summed E-state index contributed by atoms with van der Waals surface area (Å²) in [4.78, 5) is 9.98. The molecule has 0 heterocycles. The van der Waals surface area contributed by atoms with Crippen molar-refractivity contribution in [3.05, 3.63) is 57.9 Å². The maximum Gasteiger partial charge on any atom is 0.312 e. The lowest BCUT2D eigenvalue weighted by Gasteiger charge is -2.07. The van der Waals surface area contributed by atoms with E-state index in [1.807, 2.05) is 0 Å². The highest BCUT2D eigenvalue weighted by Gasteiger charge is 2.21. The Morgan fingerprint density at radius 3 is 2.53 bits per heavy atom. The molecular formula is C13H7FN2O3. The number of halogens is 1. The van der Waals surface area contributed by atoms with Gasteiger partial charge in [0.15, 0.2) is 0 Å². The lowest BCUT2D eigenvalue weighted by molar-refractivity contribution is -0.385. The summed E-state index contributed by atoms with van der Waals surface area (Å²) >= 11 is 0. The molecule has 5 nitrogen and oxygen atoms in total. The molecule has 0 unspecified atom stereocenters. The highest BCUT2D eigenvalue weighted by atomic mass is 19.1. The zero-order valence-corrected chi connectivity index (χ0v) is 9.50. The van der Waals surface area contributed by atoms with E-state index < -0.39 is 22.2 Å². The molecule has 6 heteroatoms. The number of phenolic OH excluding ortho intramolecular Hbond substituents is 1. The van der Waals surface area contributed by atoms with E-state index in [0.717, 1.165) is 6.07 Å². The summed E-state index contributed by atoms with van der Waals surface area (Å²) in [5.41, 5.74) is -0.732. The largest absolute Gasteiger partial charge is 0.502 e. The molecule has 0 aliphatic rings. The van der Waals surface area contributed by atoms with Gasteiger partial charge in [-0.1, -0.05) is 18.2 Å². The molecule has 0 radical (unpaired) electrons. The van der Waals surface area contributed by atoms with Crippen LogP contribution in [0.5, 0.6) is 5.75 Å². The lowest BCUT2D eigenvalue weighted by Crippen LogP contribution is -1.93. The van der Waals surface area contributed by atoms with Crippen LogP contribution in [0.4, 0.5) is 10.1 Å². The highest BCUT2D eigenvalue weighted by molar-refractivity contribution is 5.77. The fraction of sp³-hybridized carbons (Fsp3) is 0. The van der Waals surface area contributed by atoms with Crippen molar-refractivity contribution in [3.63, 3.8) is 0 Å². The molecule has 2 aromatic rings. The van der Waals surface area contributed by atoms with Gasteiger partial charge in [-0.05, 0) is 12.1 Å². The van der Waals surface area contributed by atoms with Gasteiger partial charge in [-0.25, -0.2) is 4.39 Å². The molecule has 0 saturated heterocycles. The van der Waals surface area contributed by atoms with E-state index in [1.165, 1.54) is 30.3 Å². The number of hydrogen-bond acceptors (Lipinski definition) is 4. The zero-order chi connectivity index (χ0) is 14.0. The average Bonchev–Trinajstić information content (AvgIpc) is 2.39. The second-order valence-electron chi connectivity index (χ2n) is 3.74. The van der Waals surface area contributed by atoms with E-state index >= 15 is 0 Å². The number of nitro benzene ring substituents is 1. The molecule has 0 fully saturated rings. The molecule has 0 aromatic heterocycles. The third-order valence-electron chi connectivity index (χ3n) is 2.58. The number of phenols is 1. The topological polar surface area (TPSA) is 87.2 Å². The van der Waals surface area contributed by atoms with Crippen LogP contribution in [-0.4, -0.2) is 10.0 Å². The molecular weight excluding hydrogens is 251 g/mol. The predicted molar refractivity (Wildman–Crippen MR) is 64.9 cm³/mol. The van der Waals surface area contributed by atoms with Crippen LogP contribution >= 0.6 is 0 Å². The third kappa shape index (κ3) is 2.21. The third-order valence-corrected chi connectivity index (χ3v) is 2.58. The number of rotatable bonds is 2. The number of hydrogen-bond donors (Lipinski definition) is 1. The SMILES string of the molecule is N#Cc1cc(-c2ccccc2F)c(O)c([N+](=O)[O-])c1. The van der Waals surface area contributed by atoms with Crippen LogP contribution in [-0.2, 0) is 0 Å². The fourth-order valence-corrected chi connectivity index (χ4v) is 1.71. The van der Waals surface area contributed by atoms with Gasteiger partial charge in [0.1, 0.15) is 5.82 Å². The minimum Gasteiger partial charge on any atom is -0.502 e. The first kappa shape index (κ1) is 12.5. The van der Waals surface area contributed by atoms with E-state index in [-0.39, 0.29) is 16.7 Å². The quantitative estimate of drug-likeness (QED) is 0.662. The molecule has 0 spiro atoms. The van der Waals surface area contributed by atoms with Crippen molar-refractivity contribution in [2.75, 3.05) is 0 Å². The Morgan fingerprint density at radius 2 is 1.95 bits per heavy atom. The minimum absolute atomic E-state index is 0.000185. The lowest BCUT2D eigenvalue weighted by atomic mass is 10.0. The molecule has 2 aromatic carbocycles. The van der Waals surface area contributed by atoms with Gasteiger partial charge in [0.2, 0.25) is 5.75 Å². The Morgan fingerprint density at radius 1 is 1.26 bits per heavy atom. The van der Waals surface area contributed by atoms with Crippen molar-refractivity contribution >= 4 is 5.69 Å². The van der Waals surface area contributed by atoms with Crippen LogP contribution in [0, 0.1) is 27.3 Å². The van der Waals surface area contributed by atoms with Crippen molar-refractivity contribution in [2.45, 2.75) is 0 Å².